The Morgan fingerprint density at radius 2 is 2.00 bits per heavy atom. The predicted molar refractivity (Wildman–Crippen MR) is 98.0 cm³/mol. The van der Waals surface area contributed by atoms with Crippen molar-refractivity contribution in [3.63, 3.8) is 0 Å². The molecule has 0 fully saturated rings. The lowest BCUT2D eigenvalue weighted by Gasteiger charge is -2.14. The SMILES string of the molecule is CNc1nc(-c2ccc(Cl)cc2C)nc(CC(C)C)c1I. The van der Waals surface area contributed by atoms with Gasteiger partial charge in [0, 0.05) is 17.6 Å². The first-order chi connectivity index (χ1) is 9.92. The molecule has 0 unspecified atom stereocenters. The highest BCUT2D eigenvalue weighted by Crippen LogP contribution is 2.28. The van der Waals surface area contributed by atoms with Crippen LogP contribution in [-0.4, -0.2) is 17.0 Å². The highest BCUT2D eigenvalue weighted by molar-refractivity contribution is 14.1. The summed E-state index contributed by atoms with van der Waals surface area (Å²) in [6, 6.07) is 5.81. The van der Waals surface area contributed by atoms with E-state index in [1.165, 1.54) is 0 Å². The molecule has 2 rings (SSSR count). The Morgan fingerprint density at radius 1 is 1.29 bits per heavy atom. The van der Waals surface area contributed by atoms with Gasteiger partial charge in [-0.05, 0) is 65.6 Å². The van der Waals surface area contributed by atoms with Crippen LogP contribution in [0.2, 0.25) is 5.02 Å². The molecule has 0 aliphatic heterocycles. The summed E-state index contributed by atoms with van der Waals surface area (Å²) in [6.45, 7) is 6.43. The molecule has 0 aliphatic rings. The Kier molecular flexibility index (Phi) is 5.43. The molecule has 0 aliphatic carbocycles. The van der Waals surface area contributed by atoms with Gasteiger partial charge in [-0.1, -0.05) is 25.4 Å². The highest BCUT2D eigenvalue weighted by Gasteiger charge is 2.15. The summed E-state index contributed by atoms with van der Waals surface area (Å²) < 4.78 is 1.10. The van der Waals surface area contributed by atoms with Crippen LogP contribution < -0.4 is 5.32 Å². The zero-order chi connectivity index (χ0) is 15.6. The van der Waals surface area contributed by atoms with E-state index in [-0.39, 0.29) is 0 Å². The van der Waals surface area contributed by atoms with E-state index in [2.05, 4.69) is 46.7 Å². The number of hydrogen-bond acceptors (Lipinski definition) is 3. The summed E-state index contributed by atoms with van der Waals surface area (Å²) in [4.78, 5) is 9.43. The summed E-state index contributed by atoms with van der Waals surface area (Å²) in [5.74, 6) is 2.19. The lowest BCUT2D eigenvalue weighted by atomic mass is 10.1. The van der Waals surface area contributed by atoms with Crippen molar-refractivity contribution in [2.45, 2.75) is 27.2 Å². The van der Waals surface area contributed by atoms with Gasteiger partial charge in [-0.25, -0.2) is 9.97 Å². The van der Waals surface area contributed by atoms with Crippen LogP contribution >= 0.6 is 34.2 Å². The van der Waals surface area contributed by atoms with E-state index in [4.69, 9.17) is 16.6 Å². The van der Waals surface area contributed by atoms with Gasteiger partial charge >= 0.3 is 0 Å². The summed E-state index contributed by atoms with van der Waals surface area (Å²) in [7, 11) is 1.89. The van der Waals surface area contributed by atoms with Crippen LogP contribution in [0.25, 0.3) is 11.4 Å². The maximum atomic E-state index is 6.03. The first-order valence-electron chi connectivity index (χ1n) is 6.93. The molecule has 1 N–H and O–H groups in total. The van der Waals surface area contributed by atoms with Crippen molar-refractivity contribution >= 4 is 40.0 Å². The number of nitrogens with one attached hydrogen (secondary N) is 1. The minimum Gasteiger partial charge on any atom is -0.372 e. The number of anilines is 1. The van der Waals surface area contributed by atoms with E-state index in [0.29, 0.717) is 5.92 Å². The molecule has 2 aromatic rings. The number of aryl methyl sites for hydroxylation is 1. The molecule has 5 heteroatoms. The molecule has 0 amide bonds. The van der Waals surface area contributed by atoms with Gasteiger partial charge < -0.3 is 5.32 Å². The van der Waals surface area contributed by atoms with Crippen molar-refractivity contribution in [2.75, 3.05) is 12.4 Å². The minimum atomic E-state index is 0.553. The Labute approximate surface area is 144 Å². The first kappa shape index (κ1) is 16.5. The molecule has 0 spiro atoms. The summed E-state index contributed by atoms with van der Waals surface area (Å²) >= 11 is 8.35. The largest absolute Gasteiger partial charge is 0.372 e. The second kappa shape index (κ2) is 6.92. The number of aromatic nitrogens is 2. The Hall–Kier alpha value is -0.880. The fourth-order valence-corrected chi connectivity index (χ4v) is 3.14. The van der Waals surface area contributed by atoms with Crippen LogP contribution in [0, 0.1) is 16.4 Å². The first-order valence-corrected chi connectivity index (χ1v) is 8.38. The molecule has 1 aromatic heterocycles. The van der Waals surface area contributed by atoms with Crippen molar-refractivity contribution in [3.05, 3.63) is 38.0 Å². The van der Waals surface area contributed by atoms with Crippen molar-refractivity contribution < 1.29 is 0 Å². The van der Waals surface area contributed by atoms with Crippen LogP contribution in [0.3, 0.4) is 0 Å². The van der Waals surface area contributed by atoms with Crippen LogP contribution in [0.5, 0.6) is 0 Å². The number of rotatable bonds is 4. The molecule has 1 aromatic carbocycles. The fraction of sp³-hybridized carbons (Fsp3) is 0.375. The Morgan fingerprint density at radius 3 is 2.57 bits per heavy atom. The molecular formula is C16H19ClIN3. The number of nitrogens with zero attached hydrogens (tertiary/aromatic N) is 2. The van der Waals surface area contributed by atoms with E-state index < -0.39 is 0 Å². The Bertz CT molecular complexity index is 656. The molecule has 0 atom stereocenters. The predicted octanol–water partition coefficient (Wildman–Crippen LogP) is 4.95. The lowest BCUT2D eigenvalue weighted by Crippen LogP contribution is -2.08. The molecule has 112 valence electrons. The third-order valence-corrected chi connectivity index (χ3v) is 4.56. The molecular weight excluding hydrogens is 397 g/mol. The third-order valence-electron chi connectivity index (χ3n) is 3.19. The van der Waals surface area contributed by atoms with Crippen molar-refractivity contribution in [3.8, 4) is 11.4 Å². The molecule has 0 radical (unpaired) electrons. The molecule has 21 heavy (non-hydrogen) atoms. The average Bonchev–Trinajstić information content (AvgIpc) is 2.41. The van der Waals surface area contributed by atoms with Crippen LogP contribution in [0.4, 0.5) is 5.82 Å². The normalized spacial score (nSPS) is 11.0. The smallest absolute Gasteiger partial charge is 0.162 e. The zero-order valence-corrected chi connectivity index (χ0v) is 15.6. The van der Waals surface area contributed by atoms with Gasteiger partial charge in [0.05, 0.1) is 9.26 Å². The quantitative estimate of drug-likeness (QED) is 0.718. The van der Waals surface area contributed by atoms with Gasteiger partial charge in [-0.2, -0.15) is 0 Å². The standard InChI is InChI=1S/C16H19ClIN3/c1-9(2)7-13-14(18)16(19-4)21-15(20-13)12-6-5-11(17)8-10(12)3/h5-6,8-9H,7H2,1-4H3,(H,19,20,21). The minimum absolute atomic E-state index is 0.553. The second-order valence-corrected chi connectivity index (χ2v) is 6.98. The van der Waals surface area contributed by atoms with Crippen molar-refractivity contribution in [1.82, 2.24) is 9.97 Å². The number of halogens is 2. The fourth-order valence-electron chi connectivity index (χ4n) is 2.18. The monoisotopic (exact) mass is 415 g/mol. The van der Waals surface area contributed by atoms with Gasteiger partial charge in [0.1, 0.15) is 5.82 Å². The van der Waals surface area contributed by atoms with E-state index in [0.717, 1.165) is 43.5 Å². The van der Waals surface area contributed by atoms with Crippen LogP contribution in [0.15, 0.2) is 18.2 Å². The van der Waals surface area contributed by atoms with Crippen LogP contribution in [-0.2, 0) is 6.42 Å². The highest BCUT2D eigenvalue weighted by atomic mass is 127. The van der Waals surface area contributed by atoms with E-state index >= 15 is 0 Å². The summed E-state index contributed by atoms with van der Waals surface area (Å²) in [5.41, 5.74) is 3.20. The topological polar surface area (TPSA) is 37.8 Å². The molecule has 3 nitrogen and oxygen atoms in total. The van der Waals surface area contributed by atoms with E-state index in [1.807, 2.05) is 32.2 Å². The summed E-state index contributed by atoms with van der Waals surface area (Å²) in [5, 5.41) is 3.90. The van der Waals surface area contributed by atoms with Gasteiger partial charge in [0.2, 0.25) is 0 Å². The Balaban J connectivity index is 2.58. The molecule has 0 saturated carbocycles. The lowest BCUT2D eigenvalue weighted by molar-refractivity contribution is 0.632. The molecule has 1 heterocycles. The average molecular weight is 416 g/mol. The van der Waals surface area contributed by atoms with Crippen molar-refractivity contribution in [2.24, 2.45) is 5.92 Å². The van der Waals surface area contributed by atoms with Crippen LogP contribution in [0.1, 0.15) is 25.1 Å². The summed E-state index contributed by atoms with van der Waals surface area (Å²) in [6.07, 6.45) is 0.940. The van der Waals surface area contributed by atoms with Gasteiger partial charge in [0.15, 0.2) is 5.82 Å². The number of hydrogen-bond donors (Lipinski definition) is 1. The third kappa shape index (κ3) is 3.86. The maximum Gasteiger partial charge on any atom is 0.162 e. The van der Waals surface area contributed by atoms with E-state index in [9.17, 15) is 0 Å². The zero-order valence-electron chi connectivity index (χ0n) is 12.7. The molecule has 0 bridgehead atoms. The van der Waals surface area contributed by atoms with Gasteiger partial charge in [-0.3, -0.25) is 0 Å². The van der Waals surface area contributed by atoms with Gasteiger partial charge in [-0.15, -0.1) is 0 Å². The molecule has 0 saturated heterocycles. The van der Waals surface area contributed by atoms with Gasteiger partial charge in [0.25, 0.3) is 0 Å². The second-order valence-electron chi connectivity index (χ2n) is 5.46. The van der Waals surface area contributed by atoms with E-state index in [1.54, 1.807) is 0 Å². The maximum absolute atomic E-state index is 6.03. The number of benzene rings is 1. The van der Waals surface area contributed by atoms with Crippen molar-refractivity contribution in [1.29, 1.82) is 0 Å².